The van der Waals surface area contributed by atoms with Crippen LogP contribution in [0, 0.1) is 52.3 Å². The summed E-state index contributed by atoms with van der Waals surface area (Å²) in [5.41, 5.74) is 2.05. The fourth-order valence-electron chi connectivity index (χ4n) is 13.2. The Morgan fingerprint density at radius 1 is 0.790 bits per heavy atom. The van der Waals surface area contributed by atoms with Gasteiger partial charge in [-0.1, -0.05) is 149 Å². The number of unbranched alkanes of at least 4 members (excludes halogenated alkanes) is 13. The first-order chi connectivity index (χ1) is 29.8. The Bertz CT molecular complexity index is 1410. The fourth-order valence-corrected chi connectivity index (χ4v) is 13.2. The van der Waals surface area contributed by atoms with Crippen molar-refractivity contribution in [2.24, 2.45) is 52.3 Å². The van der Waals surface area contributed by atoms with E-state index >= 15 is 0 Å². The number of hydrogen-bond donors (Lipinski definition) is 3. The van der Waals surface area contributed by atoms with Crippen LogP contribution in [0.5, 0.6) is 0 Å². The van der Waals surface area contributed by atoms with Gasteiger partial charge in [0.1, 0.15) is 31.0 Å². The molecule has 3 saturated carbocycles. The lowest BCUT2D eigenvalue weighted by Crippen LogP contribution is -2.60. The number of ether oxygens (including phenoxy) is 3. The molecule has 0 aromatic heterocycles. The summed E-state index contributed by atoms with van der Waals surface area (Å²) in [6.07, 6.45) is 35.0. The zero-order chi connectivity index (χ0) is 44.7. The number of carbonyl (C=O) groups excluding carboxylic acids is 1. The van der Waals surface area contributed by atoms with Gasteiger partial charge in [-0.3, -0.25) is 4.79 Å². The highest BCUT2D eigenvalue weighted by Gasteiger charge is 2.59. The molecule has 4 aliphatic carbocycles. The van der Waals surface area contributed by atoms with Crippen LogP contribution in [0.25, 0.3) is 0 Å². The topological polar surface area (TPSA) is 105 Å². The first-order valence-corrected chi connectivity index (χ1v) is 26.4. The number of carbonyl (C=O) groups is 1. The van der Waals surface area contributed by atoms with Crippen LogP contribution in [-0.2, 0) is 19.0 Å². The molecule has 1 aliphatic heterocycles. The standard InChI is InChI=1S/C55H94O7/c1-8-10-11-12-13-14-15-16-17-18-19-20-21-22-23-24-25-26-49(56)60-38-48-50(57)51(58)52(59)53(62-48)61-43-33-35-54(6)42(37-43)29-30-44-46-32-31-45(55(46,7)36-34-47(44)54)40(5)27-28-41(9-2)39(3)4/h16-17,27-29,39-41,43-48,50-53,57-59H,8-15,18-26,30-38H2,1-7H3/b17-16-,28-27+. The van der Waals surface area contributed by atoms with Crippen LogP contribution in [0.15, 0.2) is 36.0 Å². The predicted octanol–water partition coefficient (Wildman–Crippen LogP) is 13.0. The lowest BCUT2D eigenvalue weighted by Gasteiger charge is -2.58. The second kappa shape index (κ2) is 25.4. The van der Waals surface area contributed by atoms with Crippen molar-refractivity contribution in [2.45, 2.75) is 246 Å². The normalized spacial score (nSPS) is 35.8. The van der Waals surface area contributed by atoms with E-state index in [0.717, 1.165) is 62.7 Å². The molecule has 62 heavy (non-hydrogen) atoms. The molecule has 0 radical (unpaired) electrons. The van der Waals surface area contributed by atoms with Gasteiger partial charge in [-0.2, -0.15) is 0 Å². The Labute approximate surface area is 379 Å². The third kappa shape index (κ3) is 13.5. The van der Waals surface area contributed by atoms with Gasteiger partial charge in [0.05, 0.1) is 6.10 Å². The van der Waals surface area contributed by atoms with Gasteiger partial charge in [0.2, 0.25) is 0 Å². The van der Waals surface area contributed by atoms with Gasteiger partial charge in [0.25, 0.3) is 0 Å². The summed E-state index contributed by atoms with van der Waals surface area (Å²) in [6.45, 7) is 16.7. The molecule has 1 saturated heterocycles. The third-order valence-corrected chi connectivity index (χ3v) is 17.3. The third-order valence-electron chi connectivity index (χ3n) is 17.3. The van der Waals surface area contributed by atoms with Crippen molar-refractivity contribution in [1.82, 2.24) is 0 Å². The van der Waals surface area contributed by atoms with E-state index < -0.39 is 30.7 Å². The zero-order valence-electron chi connectivity index (χ0n) is 40.8. The largest absolute Gasteiger partial charge is 0.463 e. The molecular formula is C55H94O7. The Morgan fingerprint density at radius 3 is 2.11 bits per heavy atom. The highest BCUT2D eigenvalue weighted by atomic mass is 16.7. The summed E-state index contributed by atoms with van der Waals surface area (Å²) < 4.78 is 18.1. The monoisotopic (exact) mass is 867 g/mol. The first kappa shape index (κ1) is 51.5. The minimum absolute atomic E-state index is 0.150. The number of allylic oxidation sites excluding steroid dienone is 5. The molecular weight excluding hydrogens is 773 g/mol. The SMILES string of the molecule is CCCCCCCC/C=C\CCCCCCCCCC(=O)OCC1OC(OC2CCC3(C)C(=CCC4C3CCC3(C)C(C(C)/C=C/C(CC)C(C)C)CCC43)C2)C(O)C(O)C1O. The molecule has 356 valence electrons. The van der Waals surface area contributed by atoms with Crippen molar-refractivity contribution in [3.8, 4) is 0 Å². The van der Waals surface area contributed by atoms with E-state index in [1.165, 1.54) is 115 Å². The lowest BCUT2D eigenvalue weighted by molar-refractivity contribution is -0.313. The minimum atomic E-state index is -1.45. The molecule has 14 atom stereocenters. The lowest BCUT2D eigenvalue weighted by atomic mass is 9.47. The van der Waals surface area contributed by atoms with E-state index in [4.69, 9.17) is 14.2 Å². The predicted molar refractivity (Wildman–Crippen MR) is 253 cm³/mol. The molecule has 1 heterocycles. The summed E-state index contributed by atoms with van der Waals surface area (Å²) >= 11 is 0. The van der Waals surface area contributed by atoms with Gasteiger partial charge in [0, 0.05) is 6.42 Å². The number of esters is 1. The van der Waals surface area contributed by atoms with Crippen molar-refractivity contribution in [3.05, 3.63) is 36.0 Å². The first-order valence-electron chi connectivity index (χ1n) is 26.4. The van der Waals surface area contributed by atoms with Gasteiger partial charge < -0.3 is 29.5 Å². The van der Waals surface area contributed by atoms with E-state index in [9.17, 15) is 20.1 Å². The number of rotatable bonds is 26. The molecule has 0 amide bonds. The van der Waals surface area contributed by atoms with E-state index in [0.29, 0.717) is 35.5 Å². The molecule has 5 rings (SSSR count). The summed E-state index contributed by atoms with van der Waals surface area (Å²) in [4.78, 5) is 12.6. The number of hydrogen-bond acceptors (Lipinski definition) is 7. The fraction of sp³-hybridized carbons (Fsp3) is 0.873. The van der Waals surface area contributed by atoms with Crippen LogP contribution in [-0.4, -0.2) is 64.7 Å². The van der Waals surface area contributed by atoms with Crippen LogP contribution in [0.1, 0.15) is 209 Å². The zero-order valence-corrected chi connectivity index (χ0v) is 40.8. The Hall–Kier alpha value is -1.51. The maximum atomic E-state index is 12.6. The highest BCUT2D eigenvalue weighted by Crippen LogP contribution is 2.67. The second-order valence-corrected chi connectivity index (χ2v) is 21.8. The van der Waals surface area contributed by atoms with Gasteiger partial charge >= 0.3 is 5.97 Å². The minimum Gasteiger partial charge on any atom is -0.463 e. The molecule has 0 bridgehead atoms. The highest BCUT2D eigenvalue weighted by molar-refractivity contribution is 5.69. The smallest absolute Gasteiger partial charge is 0.305 e. The van der Waals surface area contributed by atoms with E-state index in [-0.39, 0.29) is 24.1 Å². The Kier molecular flexibility index (Phi) is 21.1. The van der Waals surface area contributed by atoms with E-state index in [1.807, 2.05) is 0 Å². The molecule has 4 fully saturated rings. The second-order valence-electron chi connectivity index (χ2n) is 21.8. The van der Waals surface area contributed by atoms with Crippen molar-refractivity contribution < 1.29 is 34.3 Å². The quantitative estimate of drug-likeness (QED) is 0.0452. The van der Waals surface area contributed by atoms with Gasteiger partial charge in [0.15, 0.2) is 6.29 Å². The van der Waals surface area contributed by atoms with Crippen LogP contribution < -0.4 is 0 Å². The maximum absolute atomic E-state index is 12.6. The molecule has 5 aliphatic rings. The van der Waals surface area contributed by atoms with Crippen LogP contribution in [0.2, 0.25) is 0 Å². The molecule has 7 nitrogen and oxygen atoms in total. The Morgan fingerprint density at radius 2 is 1.45 bits per heavy atom. The molecule has 7 heteroatoms. The number of fused-ring (bicyclic) bond motifs is 5. The van der Waals surface area contributed by atoms with Crippen LogP contribution >= 0.6 is 0 Å². The molecule has 0 aromatic rings. The summed E-state index contributed by atoms with van der Waals surface area (Å²) in [6, 6.07) is 0. The average molecular weight is 867 g/mol. The Balaban J connectivity index is 1.000. The summed E-state index contributed by atoms with van der Waals surface area (Å²) in [7, 11) is 0. The molecule has 0 aromatic carbocycles. The van der Waals surface area contributed by atoms with E-state index in [2.05, 4.69) is 78.8 Å². The average Bonchev–Trinajstić information content (AvgIpc) is 3.62. The molecule has 14 unspecified atom stereocenters. The van der Waals surface area contributed by atoms with Crippen molar-refractivity contribution in [3.63, 3.8) is 0 Å². The number of aliphatic hydroxyl groups excluding tert-OH is 3. The van der Waals surface area contributed by atoms with Gasteiger partial charge in [-0.05, 0) is 142 Å². The van der Waals surface area contributed by atoms with Crippen LogP contribution in [0.3, 0.4) is 0 Å². The summed E-state index contributed by atoms with van der Waals surface area (Å²) in [5, 5.41) is 32.6. The summed E-state index contributed by atoms with van der Waals surface area (Å²) in [5.74, 6) is 4.60. The van der Waals surface area contributed by atoms with Gasteiger partial charge in [-0.25, -0.2) is 0 Å². The van der Waals surface area contributed by atoms with Gasteiger partial charge in [-0.15, -0.1) is 0 Å². The van der Waals surface area contributed by atoms with Crippen molar-refractivity contribution >= 4 is 5.97 Å². The van der Waals surface area contributed by atoms with Crippen molar-refractivity contribution in [2.75, 3.05) is 6.61 Å². The van der Waals surface area contributed by atoms with Crippen molar-refractivity contribution in [1.29, 1.82) is 0 Å². The maximum Gasteiger partial charge on any atom is 0.305 e. The molecule has 0 spiro atoms. The van der Waals surface area contributed by atoms with E-state index in [1.54, 1.807) is 0 Å². The number of aliphatic hydroxyl groups is 3. The molecule has 3 N–H and O–H groups in total. The van der Waals surface area contributed by atoms with Crippen LogP contribution in [0.4, 0.5) is 0 Å².